The summed E-state index contributed by atoms with van der Waals surface area (Å²) in [6.07, 6.45) is 3.57. The molecule has 1 aliphatic rings. The van der Waals surface area contributed by atoms with E-state index in [1.54, 1.807) is 8.61 Å². The maximum Gasteiger partial charge on any atom is 0.281 e. The normalized spacial score (nSPS) is 19.9. The molecule has 1 unspecified atom stereocenters. The van der Waals surface area contributed by atoms with E-state index in [0.29, 0.717) is 43.9 Å². The molecule has 1 atom stereocenters. The minimum absolute atomic E-state index is 0.151. The third-order valence-electron chi connectivity index (χ3n) is 4.81. The predicted molar refractivity (Wildman–Crippen MR) is 97.3 cm³/mol. The van der Waals surface area contributed by atoms with Crippen LogP contribution in [0.15, 0.2) is 0 Å². The van der Waals surface area contributed by atoms with Crippen molar-refractivity contribution >= 4 is 10.2 Å². The van der Waals surface area contributed by atoms with Gasteiger partial charge in [-0.1, -0.05) is 27.7 Å². The van der Waals surface area contributed by atoms with Gasteiger partial charge in [0.05, 0.1) is 0 Å². The van der Waals surface area contributed by atoms with E-state index in [1.165, 1.54) is 0 Å². The minimum Gasteiger partial charge on any atom is -0.328 e. The summed E-state index contributed by atoms with van der Waals surface area (Å²) in [5.74, 6) is 1.47. The highest BCUT2D eigenvalue weighted by molar-refractivity contribution is 7.86. The molecule has 0 aromatic heterocycles. The average Bonchev–Trinajstić information content (AvgIpc) is 2.46. The summed E-state index contributed by atoms with van der Waals surface area (Å²) in [5.41, 5.74) is 5.97. The molecule has 1 rings (SSSR count). The Hall–Kier alpha value is -0.170. The van der Waals surface area contributed by atoms with Gasteiger partial charge in [0.2, 0.25) is 0 Å². The van der Waals surface area contributed by atoms with Gasteiger partial charge in [0, 0.05) is 32.2 Å². The quantitative estimate of drug-likeness (QED) is 0.697. The standard InChI is InChI=1S/C17H37N3O2S/c1-14(2)6-10-19(11-7-15(3)4)23(21,22)20-12-8-17(9-13-20)16(5)18/h14-17H,6-13,18H2,1-5H3. The van der Waals surface area contributed by atoms with Crippen molar-refractivity contribution < 1.29 is 8.42 Å². The average molecular weight is 348 g/mol. The van der Waals surface area contributed by atoms with Crippen molar-refractivity contribution in [3.05, 3.63) is 0 Å². The monoisotopic (exact) mass is 347 g/mol. The summed E-state index contributed by atoms with van der Waals surface area (Å²) in [6, 6.07) is 0.151. The van der Waals surface area contributed by atoms with Gasteiger partial charge in [-0.2, -0.15) is 17.0 Å². The molecule has 1 fully saturated rings. The topological polar surface area (TPSA) is 66.6 Å². The van der Waals surface area contributed by atoms with E-state index in [0.717, 1.165) is 25.7 Å². The summed E-state index contributed by atoms with van der Waals surface area (Å²) in [7, 11) is -3.34. The molecule has 5 nitrogen and oxygen atoms in total. The first kappa shape index (κ1) is 20.9. The Kier molecular flexibility index (Phi) is 8.48. The zero-order valence-electron chi connectivity index (χ0n) is 15.7. The van der Waals surface area contributed by atoms with E-state index in [4.69, 9.17) is 5.73 Å². The van der Waals surface area contributed by atoms with E-state index < -0.39 is 10.2 Å². The summed E-state index contributed by atoms with van der Waals surface area (Å²) in [6.45, 7) is 13.0. The molecule has 0 saturated carbocycles. The lowest BCUT2D eigenvalue weighted by molar-refractivity contribution is 0.232. The second kappa shape index (κ2) is 9.35. The first-order chi connectivity index (χ1) is 10.6. The van der Waals surface area contributed by atoms with Crippen LogP contribution in [-0.4, -0.2) is 49.2 Å². The maximum absolute atomic E-state index is 13.0. The molecule has 138 valence electrons. The molecule has 0 radical (unpaired) electrons. The van der Waals surface area contributed by atoms with Gasteiger partial charge in [0.25, 0.3) is 10.2 Å². The maximum atomic E-state index is 13.0. The van der Waals surface area contributed by atoms with Crippen molar-refractivity contribution in [2.45, 2.75) is 66.3 Å². The van der Waals surface area contributed by atoms with Crippen LogP contribution in [0.4, 0.5) is 0 Å². The van der Waals surface area contributed by atoms with Crippen molar-refractivity contribution in [3.8, 4) is 0 Å². The van der Waals surface area contributed by atoms with E-state index in [9.17, 15) is 8.42 Å². The highest BCUT2D eigenvalue weighted by Gasteiger charge is 2.33. The van der Waals surface area contributed by atoms with E-state index in [-0.39, 0.29) is 6.04 Å². The molecule has 0 spiro atoms. The number of rotatable bonds is 9. The zero-order chi connectivity index (χ0) is 17.6. The molecule has 0 bridgehead atoms. The Balaban J connectivity index is 2.73. The molecule has 0 amide bonds. The highest BCUT2D eigenvalue weighted by Crippen LogP contribution is 2.24. The van der Waals surface area contributed by atoms with Crippen molar-refractivity contribution in [2.75, 3.05) is 26.2 Å². The van der Waals surface area contributed by atoms with Crippen molar-refractivity contribution in [2.24, 2.45) is 23.5 Å². The number of hydrogen-bond acceptors (Lipinski definition) is 3. The van der Waals surface area contributed by atoms with E-state index in [1.807, 2.05) is 6.92 Å². The largest absolute Gasteiger partial charge is 0.328 e. The molecule has 1 aliphatic heterocycles. The molecule has 0 aromatic rings. The number of nitrogens with two attached hydrogens (primary N) is 1. The van der Waals surface area contributed by atoms with Crippen molar-refractivity contribution in [3.63, 3.8) is 0 Å². The van der Waals surface area contributed by atoms with Gasteiger partial charge in [-0.25, -0.2) is 0 Å². The Bertz CT molecular complexity index is 415. The van der Waals surface area contributed by atoms with Crippen LogP contribution in [0.1, 0.15) is 60.3 Å². The predicted octanol–water partition coefficient (Wildman–Crippen LogP) is 2.68. The van der Waals surface area contributed by atoms with Crippen LogP contribution in [0.2, 0.25) is 0 Å². The molecule has 2 N–H and O–H groups in total. The molecular weight excluding hydrogens is 310 g/mol. The van der Waals surface area contributed by atoms with Crippen LogP contribution in [0.5, 0.6) is 0 Å². The van der Waals surface area contributed by atoms with Gasteiger partial charge in [0.15, 0.2) is 0 Å². The first-order valence-corrected chi connectivity index (χ1v) is 10.5. The Morgan fingerprint density at radius 2 is 1.43 bits per heavy atom. The fraction of sp³-hybridized carbons (Fsp3) is 1.00. The fourth-order valence-electron chi connectivity index (χ4n) is 2.94. The zero-order valence-corrected chi connectivity index (χ0v) is 16.5. The third-order valence-corrected chi connectivity index (χ3v) is 6.84. The summed E-state index contributed by atoms with van der Waals surface area (Å²) < 4.78 is 29.4. The molecule has 0 aliphatic carbocycles. The minimum atomic E-state index is -3.34. The number of piperidine rings is 1. The van der Waals surface area contributed by atoms with Crippen molar-refractivity contribution in [1.82, 2.24) is 8.61 Å². The lowest BCUT2D eigenvalue weighted by atomic mass is 9.92. The van der Waals surface area contributed by atoms with E-state index in [2.05, 4.69) is 27.7 Å². The van der Waals surface area contributed by atoms with Gasteiger partial charge in [0.1, 0.15) is 0 Å². The number of hydrogen-bond donors (Lipinski definition) is 1. The second-order valence-corrected chi connectivity index (χ2v) is 9.80. The van der Waals surface area contributed by atoms with Crippen LogP contribution < -0.4 is 5.73 Å². The lowest BCUT2D eigenvalue weighted by Gasteiger charge is -2.36. The summed E-state index contributed by atoms with van der Waals surface area (Å²) >= 11 is 0. The smallest absolute Gasteiger partial charge is 0.281 e. The van der Waals surface area contributed by atoms with E-state index >= 15 is 0 Å². The van der Waals surface area contributed by atoms with Crippen molar-refractivity contribution in [1.29, 1.82) is 0 Å². The van der Waals surface area contributed by atoms with Gasteiger partial charge < -0.3 is 5.73 Å². The molecular formula is C17H37N3O2S. The molecule has 0 aromatic carbocycles. The summed E-state index contributed by atoms with van der Waals surface area (Å²) in [5, 5.41) is 0. The number of nitrogens with zero attached hydrogens (tertiary/aromatic N) is 2. The molecule has 23 heavy (non-hydrogen) atoms. The summed E-state index contributed by atoms with van der Waals surface area (Å²) in [4.78, 5) is 0. The lowest BCUT2D eigenvalue weighted by Crippen LogP contribution is -2.49. The third kappa shape index (κ3) is 6.69. The van der Waals surface area contributed by atoms with Crippen LogP contribution in [0.25, 0.3) is 0 Å². The van der Waals surface area contributed by atoms with Crippen LogP contribution in [0.3, 0.4) is 0 Å². The van der Waals surface area contributed by atoms with Crippen LogP contribution in [0, 0.1) is 17.8 Å². The van der Waals surface area contributed by atoms with Gasteiger partial charge >= 0.3 is 0 Å². The molecule has 1 saturated heterocycles. The van der Waals surface area contributed by atoms with Gasteiger partial charge in [-0.15, -0.1) is 0 Å². The van der Waals surface area contributed by atoms with Gasteiger partial charge in [-0.3, -0.25) is 0 Å². The Labute approximate surface area is 143 Å². The Morgan fingerprint density at radius 1 is 1.00 bits per heavy atom. The highest BCUT2D eigenvalue weighted by atomic mass is 32.2. The van der Waals surface area contributed by atoms with Gasteiger partial charge in [-0.05, 0) is 50.4 Å². The fourth-order valence-corrected chi connectivity index (χ4v) is 4.61. The SMILES string of the molecule is CC(C)CCN(CCC(C)C)S(=O)(=O)N1CCC(C(C)N)CC1. The molecule has 6 heteroatoms. The van der Waals surface area contributed by atoms with Crippen LogP contribution in [-0.2, 0) is 10.2 Å². The first-order valence-electron chi connectivity index (χ1n) is 9.15. The van der Waals surface area contributed by atoms with Crippen LogP contribution >= 0.6 is 0 Å². The molecule has 1 heterocycles. The Morgan fingerprint density at radius 3 is 1.78 bits per heavy atom. The second-order valence-electron chi connectivity index (χ2n) is 7.87.